The number of nitrogens with two attached hydrogens (primary N) is 1. The van der Waals surface area contributed by atoms with E-state index in [1.165, 1.54) is 11.1 Å². The fourth-order valence-electron chi connectivity index (χ4n) is 2.52. The van der Waals surface area contributed by atoms with Gasteiger partial charge in [-0.3, -0.25) is 15.0 Å². The molecule has 112 valence electrons. The third-order valence-corrected chi connectivity index (χ3v) is 3.52. The zero-order valence-electron chi connectivity index (χ0n) is 12.0. The molecule has 0 bridgehead atoms. The number of carbonyl (C=O) groups excluding carboxylic acids is 2. The van der Waals surface area contributed by atoms with Gasteiger partial charge >= 0.3 is 6.03 Å². The molecule has 21 heavy (non-hydrogen) atoms. The van der Waals surface area contributed by atoms with E-state index in [0.717, 1.165) is 32.5 Å². The summed E-state index contributed by atoms with van der Waals surface area (Å²) in [6.45, 7) is 2.76. The maximum absolute atomic E-state index is 11.3. The molecule has 1 aliphatic rings. The van der Waals surface area contributed by atoms with Crippen molar-refractivity contribution in [3.63, 3.8) is 0 Å². The molecule has 0 spiro atoms. The van der Waals surface area contributed by atoms with Crippen LogP contribution in [0.3, 0.4) is 0 Å². The van der Waals surface area contributed by atoms with Crippen LogP contribution in [-0.2, 0) is 4.79 Å². The lowest BCUT2D eigenvalue weighted by atomic mass is 10.0. The molecule has 0 aromatic heterocycles. The highest BCUT2D eigenvalue weighted by Gasteiger charge is 2.14. The molecule has 0 atom stereocenters. The molecular weight excluding hydrogens is 266 g/mol. The highest BCUT2D eigenvalue weighted by atomic mass is 16.2. The number of carbonyl (C=O) groups is 2. The quantitative estimate of drug-likeness (QED) is 0.866. The van der Waals surface area contributed by atoms with Gasteiger partial charge in [0.1, 0.15) is 0 Å². The molecule has 3 N–H and O–H groups in total. The van der Waals surface area contributed by atoms with Crippen LogP contribution in [0.4, 0.5) is 4.79 Å². The zero-order valence-corrected chi connectivity index (χ0v) is 12.0. The maximum Gasteiger partial charge on any atom is 0.318 e. The van der Waals surface area contributed by atoms with E-state index in [1.54, 1.807) is 0 Å². The Labute approximate surface area is 124 Å². The molecular formula is C16H21N3O2. The van der Waals surface area contributed by atoms with Crippen molar-refractivity contribution >= 4 is 17.5 Å². The molecule has 1 aromatic rings. The number of hydrogen-bond donors (Lipinski definition) is 2. The van der Waals surface area contributed by atoms with Crippen LogP contribution in [0.2, 0.25) is 0 Å². The van der Waals surface area contributed by atoms with Crippen molar-refractivity contribution in [3.8, 4) is 0 Å². The Bertz CT molecular complexity index is 526. The van der Waals surface area contributed by atoms with Crippen LogP contribution in [0.15, 0.2) is 36.4 Å². The van der Waals surface area contributed by atoms with E-state index >= 15 is 0 Å². The van der Waals surface area contributed by atoms with E-state index in [0.29, 0.717) is 6.42 Å². The summed E-state index contributed by atoms with van der Waals surface area (Å²) in [6.07, 6.45) is 4.36. The van der Waals surface area contributed by atoms with Crippen molar-refractivity contribution in [3.05, 3.63) is 42.0 Å². The fourth-order valence-corrected chi connectivity index (χ4v) is 2.52. The smallest absolute Gasteiger partial charge is 0.318 e. The van der Waals surface area contributed by atoms with Gasteiger partial charge in [-0.2, -0.15) is 0 Å². The molecule has 2 rings (SSSR count). The van der Waals surface area contributed by atoms with Gasteiger partial charge in [0.25, 0.3) is 0 Å². The fraction of sp³-hybridized carbons (Fsp3) is 0.375. The minimum Gasteiger partial charge on any atom is -0.351 e. The number of urea groups is 1. The average Bonchev–Trinajstić information content (AvgIpc) is 2.48. The van der Waals surface area contributed by atoms with E-state index in [1.807, 2.05) is 18.2 Å². The van der Waals surface area contributed by atoms with Crippen LogP contribution in [0.1, 0.15) is 24.8 Å². The van der Waals surface area contributed by atoms with Crippen molar-refractivity contribution in [2.24, 2.45) is 5.73 Å². The van der Waals surface area contributed by atoms with Gasteiger partial charge in [-0.05, 0) is 30.5 Å². The number of nitrogens with one attached hydrogen (secondary N) is 1. The van der Waals surface area contributed by atoms with E-state index in [2.05, 4.69) is 28.4 Å². The van der Waals surface area contributed by atoms with Gasteiger partial charge in [-0.15, -0.1) is 0 Å². The molecule has 0 aliphatic carbocycles. The molecule has 0 saturated carbocycles. The summed E-state index contributed by atoms with van der Waals surface area (Å²) in [5.41, 5.74) is 7.50. The van der Waals surface area contributed by atoms with Gasteiger partial charge in [-0.1, -0.05) is 36.4 Å². The van der Waals surface area contributed by atoms with Crippen LogP contribution >= 0.6 is 0 Å². The van der Waals surface area contributed by atoms with Gasteiger partial charge in [0, 0.05) is 19.5 Å². The van der Waals surface area contributed by atoms with E-state index in [9.17, 15) is 9.59 Å². The first-order chi connectivity index (χ1) is 10.1. The molecule has 0 saturated heterocycles. The lowest BCUT2D eigenvalue weighted by molar-refractivity contribution is -0.120. The molecule has 0 fully saturated rings. The first-order valence-electron chi connectivity index (χ1n) is 7.21. The van der Waals surface area contributed by atoms with Crippen LogP contribution in [0.25, 0.3) is 5.57 Å². The molecule has 0 unspecified atom stereocenters. The molecule has 5 nitrogen and oxygen atoms in total. The Balaban J connectivity index is 1.78. The highest BCUT2D eigenvalue weighted by Crippen LogP contribution is 2.20. The summed E-state index contributed by atoms with van der Waals surface area (Å²) in [5, 5.41) is 2.09. The second kappa shape index (κ2) is 7.59. The minimum absolute atomic E-state index is 0.307. The summed E-state index contributed by atoms with van der Waals surface area (Å²) < 4.78 is 0. The van der Waals surface area contributed by atoms with Crippen LogP contribution < -0.4 is 11.1 Å². The number of rotatable bonds is 5. The second-order valence-electron chi connectivity index (χ2n) is 5.18. The zero-order chi connectivity index (χ0) is 15.1. The van der Waals surface area contributed by atoms with Crippen molar-refractivity contribution in [1.29, 1.82) is 0 Å². The topological polar surface area (TPSA) is 75.4 Å². The number of benzene rings is 1. The Morgan fingerprint density at radius 1 is 1.24 bits per heavy atom. The molecule has 1 aromatic carbocycles. The lowest BCUT2D eigenvalue weighted by Crippen LogP contribution is -2.36. The van der Waals surface area contributed by atoms with Crippen LogP contribution in [0.5, 0.6) is 0 Å². The van der Waals surface area contributed by atoms with Crippen LogP contribution in [-0.4, -0.2) is 36.5 Å². The lowest BCUT2D eigenvalue weighted by Gasteiger charge is -2.27. The van der Waals surface area contributed by atoms with Gasteiger partial charge < -0.3 is 5.73 Å². The number of amides is 3. The predicted octanol–water partition coefficient (Wildman–Crippen LogP) is 1.75. The van der Waals surface area contributed by atoms with Crippen molar-refractivity contribution in [1.82, 2.24) is 10.2 Å². The maximum atomic E-state index is 11.3. The normalized spacial score (nSPS) is 15.3. The second-order valence-corrected chi connectivity index (χ2v) is 5.18. The predicted molar refractivity (Wildman–Crippen MR) is 82.4 cm³/mol. The SMILES string of the molecule is NC(=O)NC(=O)CCCN1CCC=C(c2ccccc2)C1. The van der Waals surface area contributed by atoms with Gasteiger partial charge in [0.2, 0.25) is 5.91 Å². The highest BCUT2D eigenvalue weighted by molar-refractivity contribution is 5.93. The van der Waals surface area contributed by atoms with Gasteiger partial charge in [0.15, 0.2) is 0 Å². The molecule has 0 radical (unpaired) electrons. The van der Waals surface area contributed by atoms with Gasteiger partial charge in [0.05, 0.1) is 0 Å². The Morgan fingerprint density at radius 2 is 2.00 bits per heavy atom. The Morgan fingerprint density at radius 3 is 2.71 bits per heavy atom. The summed E-state index contributed by atoms with van der Waals surface area (Å²) in [5.74, 6) is -0.307. The number of imide groups is 1. The summed E-state index contributed by atoms with van der Waals surface area (Å²) in [6, 6.07) is 9.56. The standard InChI is InChI=1S/C16H21N3O2/c17-16(21)18-15(20)9-5-11-19-10-4-8-14(12-19)13-6-2-1-3-7-13/h1-3,6-8H,4-5,9-12H2,(H3,17,18,20,21). The first-order valence-corrected chi connectivity index (χ1v) is 7.21. The largest absolute Gasteiger partial charge is 0.351 e. The third-order valence-electron chi connectivity index (χ3n) is 3.52. The number of nitrogens with zero attached hydrogens (tertiary/aromatic N) is 1. The van der Waals surface area contributed by atoms with Crippen molar-refractivity contribution in [2.75, 3.05) is 19.6 Å². The molecule has 3 amide bonds. The first kappa shape index (κ1) is 15.3. The Kier molecular flexibility index (Phi) is 5.51. The van der Waals surface area contributed by atoms with Crippen molar-refractivity contribution in [2.45, 2.75) is 19.3 Å². The molecule has 1 aliphatic heterocycles. The summed E-state index contributed by atoms with van der Waals surface area (Å²) >= 11 is 0. The van der Waals surface area contributed by atoms with E-state index in [4.69, 9.17) is 5.73 Å². The molecule has 1 heterocycles. The number of hydrogen-bond acceptors (Lipinski definition) is 3. The Hall–Kier alpha value is -2.14. The third kappa shape index (κ3) is 5.04. The van der Waals surface area contributed by atoms with Crippen LogP contribution in [0, 0.1) is 0 Å². The average molecular weight is 287 g/mol. The summed E-state index contributed by atoms with van der Waals surface area (Å²) in [4.78, 5) is 24.2. The van der Waals surface area contributed by atoms with E-state index < -0.39 is 6.03 Å². The van der Waals surface area contributed by atoms with Crippen molar-refractivity contribution < 1.29 is 9.59 Å². The molecule has 5 heteroatoms. The van der Waals surface area contributed by atoms with E-state index in [-0.39, 0.29) is 5.91 Å². The number of primary amides is 1. The monoisotopic (exact) mass is 287 g/mol. The van der Waals surface area contributed by atoms with Gasteiger partial charge in [-0.25, -0.2) is 4.79 Å². The summed E-state index contributed by atoms with van der Waals surface area (Å²) in [7, 11) is 0. The minimum atomic E-state index is -0.785.